The van der Waals surface area contributed by atoms with Gasteiger partial charge < -0.3 is 20.1 Å². The highest BCUT2D eigenvalue weighted by Crippen LogP contribution is 2.24. The van der Waals surface area contributed by atoms with Crippen LogP contribution in [0, 0.1) is 11.6 Å². The smallest absolute Gasteiger partial charge is 0.407 e. The fourth-order valence-corrected chi connectivity index (χ4v) is 3.30. The van der Waals surface area contributed by atoms with Gasteiger partial charge in [-0.05, 0) is 30.5 Å². The molecule has 0 aliphatic carbocycles. The Balaban J connectivity index is 1.66. The molecular formula is C17H20F2N2O3. The fraction of sp³-hybridized carbons (Fsp3) is 0.471. The van der Waals surface area contributed by atoms with Crippen LogP contribution < -0.4 is 10.6 Å². The summed E-state index contributed by atoms with van der Waals surface area (Å²) in [6, 6.07) is 2.94. The highest BCUT2D eigenvalue weighted by molar-refractivity contribution is 5.70. The molecule has 2 N–H and O–H groups in total. The maximum absolute atomic E-state index is 13.4. The molecule has 130 valence electrons. The number of rotatable bonds is 6. The van der Waals surface area contributed by atoms with Crippen LogP contribution in [0.15, 0.2) is 30.9 Å². The summed E-state index contributed by atoms with van der Waals surface area (Å²) in [6.45, 7) is 4.74. The Kier molecular flexibility index (Phi) is 5.11. The number of hydrogen-bond donors (Lipinski definition) is 2. The number of alkyl carbamates (subject to hydrolysis) is 1. The highest BCUT2D eigenvalue weighted by Gasteiger charge is 2.42. The third kappa shape index (κ3) is 3.91. The van der Waals surface area contributed by atoms with Crippen LogP contribution in [0.5, 0.6) is 0 Å². The molecule has 24 heavy (non-hydrogen) atoms. The van der Waals surface area contributed by atoms with Gasteiger partial charge in [-0.15, -0.1) is 6.58 Å². The summed E-state index contributed by atoms with van der Waals surface area (Å²) in [5, 5.41) is 6.02. The van der Waals surface area contributed by atoms with E-state index in [1.54, 1.807) is 6.08 Å². The number of nitrogens with one attached hydrogen (secondary N) is 2. The van der Waals surface area contributed by atoms with Gasteiger partial charge in [-0.1, -0.05) is 6.08 Å². The molecule has 1 aromatic rings. The second kappa shape index (κ2) is 7.27. The number of halogens is 2. The van der Waals surface area contributed by atoms with Crippen LogP contribution >= 0.6 is 0 Å². The normalized spacial score (nSPS) is 29.3. The van der Waals surface area contributed by atoms with E-state index in [9.17, 15) is 13.6 Å². The molecule has 0 saturated carbocycles. The van der Waals surface area contributed by atoms with Gasteiger partial charge in [-0.3, -0.25) is 0 Å². The maximum Gasteiger partial charge on any atom is 0.407 e. The average molecular weight is 338 g/mol. The first-order chi connectivity index (χ1) is 11.5. The Bertz CT molecular complexity index is 606. The second-order valence-corrected chi connectivity index (χ2v) is 6.10. The lowest BCUT2D eigenvalue weighted by atomic mass is 9.96. The van der Waals surface area contributed by atoms with E-state index in [1.807, 2.05) is 0 Å². The second-order valence-electron chi connectivity index (χ2n) is 6.10. The quantitative estimate of drug-likeness (QED) is 0.778. The molecule has 1 amide bonds. The zero-order chi connectivity index (χ0) is 17.1. The maximum atomic E-state index is 13.4. The fourth-order valence-electron chi connectivity index (χ4n) is 3.30. The van der Waals surface area contributed by atoms with Crippen molar-refractivity contribution in [2.75, 3.05) is 13.2 Å². The van der Waals surface area contributed by atoms with Crippen molar-refractivity contribution in [2.24, 2.45) is 0 Å². The van der Waals surface area contributed by atoms with E-state index in [0.29, 0.717) is 31.6 Å². The molecule has 2 aliphatic heterocycles. The molecule has 0 bridgehead atoms. The summed E-state index contributed by atoms with van der Waals surface area (Å²) in [6.07, 6.45) is 1.77. The van der Waals surface area contributed by atoms with Crippen molar-refractivity contribution in [1.29, 1.82) is 0 Å². The van der Waals surface area contributed by atoms with Gasteiger partial charge in [0, 0.05) is 18.7 Å². The minimum absolute atomic E-state index is 0.0274. The first kappa shape index (κ1) is 16.9. The largest absolute Gasteiger partial charge is 0.442 e. The van der Waals surface area contributed by atoms with Crippen molar-refractivity contribution in [1.82, 2.24) is 10.6 Å². The molecule has 2 saturated heterocycles. The molecule has 3 rings (SSSR count). The first-order valence-corrected chi connectivity index (χ1v) is 7.93. The Morgan fingerprint density at radius 3 is 2.79 bits per heavy atom. The molecular weight excluding hydrogens is 318 g/mol. The van der Waals surface area contributed by atoms with E-state index in [0.717, 1.165) is 6.07 Å². The number of benzene rings is 1. The Hall–Kier alpha value is -1.99. The van der Waals surface area contributed by atoms with Crippen LogP contribution in [0.25, 0.3) is 0 Å². The van der Waals surface area contributed by atoms with E-state index in [1.165, 1.54) is 12.1 Å². The van der Waals surface area contributed by atoms with Crippen molar-refractivity contribution in [2.45, 2.75) is 37.1 Å². The lowest BCUT2D eigenvalue weighted by Crippen LogP contribution is -2.44. The van der Waals surface area contributed by atoms with Crippen molar-refractivity contribution >= 4 is 6.09 Å². The molecule has 5 nitrogen and oxygen atoms in total. The zero-order valence-corrected chi connectivity index (χ0v) is 13.1. The zero-order valence-electron chi connectivity index (χ0n) is 13.1. The number of hydrogen-bond acceptors (Lipinski definition) is 4. The predicted octanol–water partition coefficient (Wildman–Crippen LogP) is 1.92. The SMILES string of the molecule is C=CCO[C@H]1CN[C@@H](C2OC(=O)N[C@H]2Cc2cc(F)cc(F)c2)C1. The summed E-state index contributed by atoms with van der Waals surface area (Å²) >= 11 is 0. The van der Waals surface area contributed by atoms with E-state index in [4.69, 9.17) is 9.47 Å². The predicted molar refractivity (Wildman–Crippen MR) is 83.6 cm³/mol. The molecule has 7 heteroatoms. The van der Waals surface area contributed by atoms with Gasteiger partial charge in [0.1, 0.15) is 17.7 Å². The molecule has 1 unspecified atom stereocenters. The van der Waals surface area contributed by atoms with Crippen molar-refractivity contribution < 1.29 is 23.0 Å². The van der Waals surface area contributed by atoms with E-state index in [2.05, 4.69) is 17.2 Å². The third-order valence-corrected chi connectivity index (χ3v) is 4.29. The summed E-state index contributed by atoms with van der Waals surface area (Å²) < 4.78 is 37.7. The van der Waals surface area contributed by atoms with Crippen molar-refractivity contribution in [3.05, 3.63) is 48.1 Å². The number of amides is 1. The average Bonchev–Trinajstić information content (AvgIpc) is 3.10. The standard InChI is InChI=1S/C17H20F2N2O3/c1-2-3-23-13-8-14(20-9-13)16-15(21-17(22)24-16)6-10-4-11(18)7-12(19)5-10/h2,4-5,7,13-16,20H,1,3,6,8-9H2,(H,21,22)/t13-,14-,15+,16?/m1/s1. The molecule has 2 fully saturated rings. The van der Waals surface area contributed by atoms with Crippen LogP contribution in [0.1, 0.15) is 12.0 Å². The van der Waals surface area contributed by atoms with Crippen LogP contribution in [-0.4, -0.2) is 43.5 Å². The lowest BCUT2D eigenvalue weighted by molar-refractivity contribution is 0.0749. The molecule has 2 aliphatic rings. The highest BCUT2D eigenvalue weighted by atomic mass is 19.1. The Labute approximate surface area is 139 Å². The van der Waals surface area contributed by atoms with E-state index in [-0.39, 0.29) is 18.2 Å². The van der Waals surface area contributed by atoms with E-state index >= 15 is 0 Å². The number of cyclic esters (lactones) is 1. The topological polar surface area (TPSA) is 59.6 Å². The Morgan fingerprint density at radius 1 is 1.33 bits per heavy atom. The van der Waals surface area contributed by atoms with Gasteiger partial charge in [-0.2, -0.15) is 0 Å². The van der Waals surface area contributed by atoms with Gasteiger partial charge in [0.15, 0.2) is 0 Å². The summed E-state index contributed by atoms with van der Waals surface area (Å²) in [5.74, 6) is -1.27. The molecule has 1 aromatic carbocycles. The molecule has 0 spiro atoms. The first-order valence-electron chi connectivity index (χ1n) is 7.93. The molecule has 0 aromatic heterocycles. The van der Waals surface area contributed by atoms with Gasteiger partial charge in [0.2, 0.25) is 0 Å². The van der Waals surface area contributed by atoms with Gasteiger partial charge in [0.05, 0.1) is 18.8 Å². The van der Waals surface area contributed by atoms with Crippen molar-refractivity contribution in [3.8, 4) is 0 Å². The van der Waals surface area contributed by atoms with Crippen LogP contribution in [0.2, 0.25) is 0 Å². The molecule has 4 atom stereocenters. The van der Waals surface area contributed by atoms with Gasteiger partial charge in [0.25, 0.3) is 0 Å². The number of carbonyl (C=O) groups is 1. The lowest BCUT2D eigenvalue weighted by Gasteiger charge is -2.23. The number of ether oxygens (including phenoxy) is 2. The number of carbonyl (C=O) groups excluding carboxylic acids is 1. The van der Waals surface area contributed by atoms with Crippen LogP contribution in [-0.2, 0) is 15.9 Å². The molecule has 0 radical (unpaired) electrons. The minimum atomic E-state index is -0.635. The molecule has 2 heterocycles. The van der Waals surface area contributed by atoms with Gasteiger partial charge >= 0.3 is 6.09 Å². The summed E-state index contributed by atoms with van der Waals surface area (Å²) in [7, 11) is 0. The third-order valence-electron chi connectivity index (χ3n) is 4.29. The monoisotopic (exact) mass is 338 g/mol. The summed E-state index contributed by atoms with van der Waals surface area (Å²) in [5.41, 5.74) is 0.478. The minimum Gasteiger partial charge on any atom is -0.442 e. The Morgan fingerprint density at radius 2 is 2.08 bits per heavy atom. The van der Waals surface area contributed by atoms with Crippen LogP contribution in [0.3, 0.4) is 0 Å². The summed E-state index contributed by atoms with van der Waals surface area (Å²) in [4.78, 5) is 11.6. The van der Waals surface area contributed by atoms with Crippen LogP contribution in [0.4, 0.5) is 13.6 Å². The van der Waals surface area contributed by atoms with Gasteiger partial charge in [-0.25, -0.2) is 13.6 Å². The van der Waals surface area contributed by atoms with Crippen molar-refractivity contribution in [3.63, 3.8) is 0 Å². The van der Waals surface area contributed by atoms with E-state index < -0.39 is 23.8 Å².